The van der Waals surface area contributed by atoms with E-state index in [4.69, 9.17) is 40.4 Å². The second-order valence-corrected chi connectivity index (χ2v) is 9.02. The zero-order valence-electron chi connectivity index (χ0n) is 20.9. The highest BCUT2D eigenvalue weighted by Gasteiger charge is 2.39. The Labute approximate surface area is 231 Å². The Morgan fingerprint density at radius 3 is 1.95 bits per heavy atom. The van der Waals surface area contributed by atoms with Crippen molar-refractivity contribution in [1.29, 1.82) is 5.41 Å². The van der Waals surface area contributed by atoms with Crippen LogP contribution in [0.3, 0.4) is 0 Å². The molecule has 0 bridgehead atoms. The zero-order valence-corrected chi connectivity index (χ0v) is 21.7. The number of nitrogens with one attached hydrogen (secondary N) is 1. The van der Waals surface area contributed by atoms with Crippen LogP contribution in [-0.2, 0) is 25.7 Å². The number of carboxylic acid groups (broad SMARTS) is 2. The Morgan fingerprint density at radius 1 is 1.00 bits per heavy atom. The number of rotatable bonds is 6. The average Bonchev–Trinajstić information content (AvgIpc) is 3.53. The number of halogens is 6. The van der Waals surface area contributed by atoms with Crippen molar-refractivity contribution < 1.29 is 65.2 Å². The lowest BCUT2D eigenvalue weighted by molar-refractivity contribution is -0.193. The predicted octanol–water partition coefficient (Wildman–Crippen LogP) is 3.66. The largest absolute Gasteiger partial charge is 0.490 e. The number of nitrogens with zero attached hydrogens (tertiary/aromatic N) is 1. The molecule has 5 N–H and O–H groups in total. The fourth-order valence-electron chi connectivity index (χ4n) is 3.05. The van der Waals surface area contributed by atoms with Crippen LogP contribution in [0.25, 0.3) is 0 Å². The van der Waals surface area contributed by atoms with Gasteiger partial charge in [-0.25, -0.2) is 14.4 Å². The molecule has 3 rings (SSSR count). The van der Waals surface area contributed by atoms with Crippen molar-refractivity contribution >= 4 is 41.0 Å². The molecule has 0 amide bonds. The van der Waals surface area contributed by atoms with Crippen LogP contribution in [0.2, 0.25) is 0 Å². The number of likely N-dealkylation sites (tertiary alicyclic amines) is 1. The fraction of sp³-hybridized carbons (Fsp3) is 0.348. The molecular formula is C23H23F6N3O8S. The molecule has 0 unspecified atom stereocenters. The van der Waals surface area contributed by atoms with Gasteiger partial charge in [-0.1, -0.05) is 0 Å². The summed E-state index contributed by atoms with van der Waals surface area (Å²) in [6, 6.07) is 9.87. The Balaban J connectivity index is 0.000000497. The smallest absolute Gasteiger partial charge is 0.475 e. The third-order valence-corrected chi connectivity index (χ3v) is 5.97. The number of amidine groups is 1. The van der Waals surface area contributed by atoms with Gasteiger partial charge in [0.1, 0.15) is 22.5 Å². The monoisotopic (exact) mass is 615 g/mol. The second kappa shape index (κ2) is 15.0. The van der Waals surface area contributed by atoms with Gasteiger partial charge in [0, 0.05) is 17.0 Å². The molecule has 0 aliphatic carbocycles. The molecule has 1 aromatic heterocycles. The van der Waals surface area contributed by atoms with Gasteiger partial charge in [0.25, 0.3) is 0 Å². The number of benzene rings is 1. The normalized spacial score (nSPS) is 15.0. The van der Waals surface area contributed by atoms with Gasteiger partial charge in [-0.15, -0.1) is 11.3 Å². The number of alkyl halides is 6. The molecule has 2 aromatic rings. The molecule has 0 saturated carbocycles. The van der Waals surface area contributed by atoms with Crippen LogP contribution < -0.4 is 10.5 Å². The highest BCUT2D eigenvalue weighted by Crippen LogP contribution is 2.26. The number of methoxy groups -OCH3 is 1. The number of aliphatic carboxylic acids is 2. The SMILES string of the molecule is COC(=O)[C@@H]1CCCN1Cc1ccc(C(=O)Oc2ccc(C(=N)N)cc2)s1.O=C(O)C(F)(F)F.O=C(O)C(F)(F)F. The summed E-state index contributed by atoms with van der Waals surface area (Å²) in [5.41, 5.74) is 5.98. The number of nitrogens with two attached hydrogens (primary N) is 1. The van der Waals surface area contributed by atoms with E-state index in [2.05, 4.69) is 4.90 Å². The van der Waals surface area contributed by atoms with E-state index in [-0.39, 0.29) is 17.8 Å². The third kappa shape index (κ3) is 11.8. The van der Waals surface area contributed by atoms with Crippen LogP contribution in [0.4, 0.5) is 26.3 Å². The Hall–Kier alpha value is -4.19. The Bertz CT molecular complexity index is 1210. The van der Waals surface area contributed by atoms with Gasteiger partial charge >= 0.3 is 36.2 Å². The molecule has 1 saturated heterocycles. The van der Waals surface area contributed by atoms with E-state index >= 15 is 0 Å². The van der Waals surface area contributed by atoms with E-state index in [1.54, 1.807) is 30.3 Å². The first-order valence-electron chi connectivity index (χ1n) is 11.0. The van der Waals surface area contributed by atoms with Gasteiger partial charge in [0.2, 0.25) is 0 Å². The molecule has 1 aromatic carbocycles. The lowest BCUT2D eigenvalue weighted by Gasteiger charge is -2.21. The highest BCUT2D eigenvalue weighted by atomic mass is 32.1. The van der Waals surface area contributed by atoms with Crippen molar-refractivity contribution in [1.82, 2.24) is 4.90 Å². The number of carboxylic acids is 2. The van der Waals surface area contributed by atoms with Crippen molar-refractivity contribution in [3.8, 4) is 5.75 Å². The topological polar surface area (TPSA) is 180 Å². The molecule has 2 heterocycles. The number of nitrogen functional groups attached to an aromatic ring is 1. The minimum Gasteiger partial charge on any atom is -0.475 e. The molecule has 41 heavy (non-hydrogen) atoms. The minimum absolute atomic E-state index is 0.0389. The number of carbonyl (C=O) groups is 4. The summed E-state index contributed by atoms with van der Waals surface area (Å²) in [7, 11) is 1.40. The summed E-state index contributed by atoms with van der Waals surface area (Å²) in [5, 5.41) is 21.6. The number of esters is 2. The molecule has 1 fully saturated rings. The van der Waals surface area contributed by atoms with E-state index in [1.807, 2.05) is 6.07 Å². The van der Waals surface area contributed by atoms with Crippen molar-refractivity contribution in [2.45, 2.75) is 37.8 Å². The number of ether oxygens (including phenoxy) is 2. The van der Waals surface area contributed by atoms with E-state index in [1.165, 1.54) is 18.4 Å². The average molecular weight is 616 g/mol. The van der Waals surface area contributed by atoms with E-state index in [0.29, 0.717) is 22.7 Å². The van der Waals surface area contributed by atoms with E-state index in [9.17, 15) is 35.9 Å². The quantitative estimate of drug-likeness (QED) is 0.123. The summed E-state index contributed by atoms with van der Waals surface area (Å²) in [4.78, 5) is 45.5. The molecule has 0 radical (unpaired) electrons. The molecule has 0 spiro atoms. The van der Waals surface area contributed by atoms with Gasteiger partial charge in [0.15, 0.2) is 0 Å². The van der Waals surface area contributed by atoms with E-state index < -0.39 is 30.3 Å². The lowest BCUT2D eigenvalue weighted by atomic mass is 10.2. The summed E-state index contributed by atoms with van der Waals surface area (Å²) in [6.07, 6.45) is -8.42. The van der Waals surface area contributed by atoms with Crippen LogP contribution in [0.5, 0.6) is 5.75 Å². The predicted molar refractivity (Wildman–Crippen MR) is 130 cm³/mol. The van der Waals surface area contributed by atoms with Crippen molar-refractivity contribution in [3.63, 3.8) is 0 Å². The molecule has 11 nitrogen and oxygen atoms in total. The number of carbonyl (C=O) groups excluding carboxylic acids is 2. The summed E-state index contributed by atoms with van der Waals surface area (Å²) in [6.45, 7) is 1.44. The van der Waals surface area contributed by atoms with Crippen LogP contribution in [-0.4, -0.2) is 76.9 Å². The second-order valence-electron chi connectivity index (χ2n) is 7.85. The lowest BCUT2D eigenvalue weighted by Crippen LogP contribution is -2.36. The molecular weight excluding hydrogens is 592 g/mol. The first-order chi connectivity index (χ1) is 18.9. The van der Waals surface area contributed by atoms with Crippen LogP contribution in [0, 0.1) is 5.41 Å². The van der Waals surface area contributed by atoms with Gasteiger partial charge < -0.3 is 25.4 Å². The van der Waals surface area contributed by atoms with Gasteiger partial charge in [-0.2, -0.15) is 26.3 Å². The van der Waals surface area contributed by atoms with E-state index in [0.717, 1.165) is 24.3 Å². The number of hydrogen-bond acceptors (Lipinski definition) is 9. The molecule has 1 atom stereocenters. The minimum atomic E-state index is -5.08. The molecule has 18 heteroatoms. The Morgan fingerprint density at radius 2 is 1.51 bits per heavy atom. The summed E-state index contributed by atoms with van der Waals surface area (Å²) < 4.78 is 73.7. The van der Waals surface area contributed by atoms with Crippen molar-refractivity contribution in [2.24, 2.45) is 5.73 Å². The van der Waals surface area contributed by atoms with Crippen molar-refractivity contribution in [2.75, 3.05) is 13.7 Å². The van der Waals surface area contributed by atoms with Crippen LogP contribution in [0.15, 0.2) is 36.4 Å². The summed E-state index contributed by atoms with van der Waals surface area (Å²) >= 11 is 1.35. The van der Waals surface area contributed by atoms with Gasteiger partial charge in [0.05, 0.1) is 7.11 Å². The molecule has 1 aliphatic heterocycles. The third-order valence-electron chi connectivity index (χ3n) is 4.92. The standard InChI is InChI=1S/C19H21N3O4S.2C2HF3O2/c1-25-18(23)15-3-2-10-22(15)11-14-8-9-16(27-14)19(24)26-13-6-4-12(5-7-13)17(20)21;2*3-2(4,5)1(6)7/h4-9,15H,2-3,10-11H2,1H3,(H3,20,21);2*(H,6,7)/t15-;;/m0../s1. The Kier molecular flexibility index (Phi) is 12.7. The maximum atomic E-state index is 12.3. The van der Waals surface area contributed by atoms with Gasteiger partial charge in [-0.05, 0) is 55.8 Å². The van der Waals surface area contributed by atoms with Crippen molar-refractivity contribution in [3.05, 3.63) is 51.7 Å². The highest BCUT2D eigenvalue weighted by molar-refractivity contribution is 7.13. The first kappa shape index (κ1) is 34.8. The fourth-order valence-corrected chi connectivity index (χ4v) is 3.96. The summed E-state index contributed by atoms with van der Waals surface area (Å²) in [5.74, 6) is -5.81. The zero-order chi connectivity index (χ0) is 31.5. The van der Waals surface area contributed by atoms with Crippen LogP contribution in [0.1, 0.15) is 33.0 Å². The number of hydrogen-bond donors (Lipinski definition) is 4. The molecule has 1 aliphatic rings. The maximum absolute atomic E-state index is 12.3. The van der Waals surface area contributed by atoms with Crippen LogP contribution >= 0.6 is 11.3 Å². The number of thiophene rings is 1. The first-order valence-corrected chi connectivity index (χ1v) is 11.9. The van der Waals surface area contributed by atoms with Gasteiger partial charge in [-0.3, -0.25) is 15.1 Å². The molecule has 226 valence electrons. The maximum Gasteiger partial charge on any atom is 0.490 e.